The molecule has 0 aliphatic heterocycles. The van der Waals surface area contributed by atoms with Gasteiger partial charge in [0.15, 0.2) is 0 Å². The molecule has 6 heteroatoms. The molecule has 2 aromatic carbocycles. The average molecular weight is 445 g/mol. The molecule has 164 valence electrons. The van der Waals surface area contributed by atoms with Crippen molar-refractivity contribution in [2.24, 2.45) is 5.73 Å². The third-order valence-electron chi connectivity index (χ3n) is 5.79. The van der Waals surface area contributed by atoms with E-state index in [0.717, 1.165) is 44.3 Å². The van der Waals surface area contributed by atoms with E-state index in [2.05, 4.69) is 33.5 Å². The first-order valence-corrected chi connectivity index (χ1v) is 11.6. The van der Waals surface area contributed by atoms with Crippen molar-refractivity contribution in [3.05, 3.63) is 99.3 Å². The molecular formula is C26H28N4OS. The highest BCUT2D eigenvalue weighted by Crippen LogP contribution is 2.25. The van der Waals surface area contributed by atoms with Gasteiger partial charge in [-0.25, -0.2) is 4.98 Å². The molecule has 0 saturated heterocycles. The van der Waals surface area contributed by atoms with Crippen molar-refractivity contribution >= 4 is 17.2 Å². The molecule has 2 aromatic heterocycles. The van der Waals surface area contributed by atoms with Gasteiger partial charge in [0.2, 0.25) is 0 Å². The van der Waals surface area contributed by atoms with Crippen LogP contribution in [0.25, 0.3) is 10.6 Å². The van der Waals surface area contributed by atoms with Gasteiger partial charge >= 0.3 is 0 Å². The van der Waals surface area contributed by atoms with E-state index in [1.54, 1.807) is 11.3 Å². The number of aryl methyl sites for hydroxylation is 2. The molecule has 2 heterocycles. The highest BCUT2D eigenvalue weighted by atomic mass is 32.1. The standard InChI is InChI=1S/C26H28N4OS/c1-17-11-20(9-10-22(17)13-27)14-28-25(31)24-12-18(2)30(19(24)3)15-23-16-32-26(29-23)21-7-5-4-6-8-21/h4-12,16H,13-15,27H2,1-3H3,(H,28,31). The molecule has 0 saturated carbocycles. The quantitative estimate of drug-likeness (QED) is 0.422. The van der Waals surface area contributed by atoms with Crippen molar-refractivity contribution in [1.82, 2.24) is 14.9 Å². The average Bonchev–Trinajstić information content (AvgIpc) is 3.38. The van der Waals surface area contributed by atoms with Crippen LogP contribution < -0.4 is 11.1 Å². The topological polar surface area (TPSA) is 72.9 Å². The normalized spacial score (nSPS) is 11.0. The third kappa shape index (κ3) is 4.66. The molecule has 5 nitrogen and oxygen atoms in total. The molecule has 0 radical (unpaired) electrons. The fourth-order valence-corrected chi connectivity index (χ4v) is 4.72. The number of rotatable bonds is 7. The van der Waals surface area contributed by atoms with Gasteiger partial charge in [0.25, 0.3) is 5.91 Å². The Kier molecular flexibility index (Phi) is 6.53. The zero-order valence-corrected chi connectivity index (χ0v) is 19.5. The molecule has 0 aliphatic rings. The zero-order chi connectivity index (χ0) is 22.7. The Bertz CT molecular complexity index is 1240. The molecule has 32 heavy (non-hydrogen) atoms. The largest absolute Gasteiger partial charge is 0.348 e. The van der Waals surface area contributed by atoms with E-state index in [1.165, 1.54) is 0 Å². The molecule has 0 unspecified atom stereocenters. The molecule has 0 aliphatic carbocycles. The fraction of sp³-hybridized carbons (Fsp3) is 0.231. The van der Waals surface area contributed by atoms with Crippen molar-refractivity contribution < 1.29 is 4.79 Å². The van der Waals surface area contributed by atoms with E-state index in [4.69, 9.17) is 10.7 Å². The van der Waals surface area contributed by atoms with Gasteiger partial charge in [-0.3, -0.25) is 4.79 Å². The molecule has 0 fully saturated rings. The van der Waals surface area contributed by atoms with E-state index in [1.807, 2.05) is 57.2 Å². The lowest BCUT2D eigenvalue weighted by Crippen LogP contribution is -2.23. The summed E-state index contributed by atoms with van der Waals surface area (Å²) in [5.41, 5.74) is 13.9. The molecule has 1 amide bonds. The van der Waals surface area contributed by atoms with Crippen LogP contribution in [0.1, 0.15) is 44.1 Å². The van der Waals surface area contributed by atoms with Gasteiger partial charge in [0.05, 0.1) is 17.8 Å². The number of thiazole rings is 1. The molecule has 3 N–H and O–H groups in total. The first-order chi connectivity index (χ1) is 15.5. The fourth-order valence-electron chi connectivity index (χ4n) is 3.90. The van der Waals surface area contributed by atoms with E-state index in [0.29, 0.717) is 25.2 Å². The summed E-state index contributed by atoms with van der Waals surface area (Å²) in [7, 11) is 0. The van der Waals surface area contributed by atoms with E-state index in [9.17, 15) is 4.79 Å². The summed E-state index contributed by atoms with van der Waals surface area (Å²) in [5.74, 6) is -0.0619. The minimum absolute atomic E-state index is 0.0619. The Balaban J connectivity index is 1.46. The second-order valence-corrected chi connectivity index (χ2v) is 8.89. The number of hydrogen-bond acceptors (Lipinski definition) is 4. The third-order valence-corrected chi connectivity index (χ3v) is 6.73. The SMILES string of the molecule is Cc1cc(CNC(=O)c2cc(C)n(Cc3csc(-c4ccccc4)n3)c2C)ccc1CN. The van der Waals surface area contributed by atoms with Crippen LogP contribution in [0.4, 0.5) is 0 Å². The van der Waals surface area contributed by atoms with Gasteiger partial charge in [-0.1, -0.05) is 48.5 Å². The summed E-state index contributed by atoms with van der Waals surface area (Å²) in [4.78, 5) is 17.7. The van der Waals surface area contributed by atoms with Crippen LogP contribution in [-0.4, -0.2) is 15.5 Å². The second kappa shape index (κ2) is 9.51. The molecule has 0 atom stereocenters. The zero-order valence-electron chi connectivity index (χ0n) is 18.7. The van der Waals surface area contributed by atoms with Gasteiger partial charge < -0.3 is 15.6 Å². The van der Waals surface area contributed by atoms with Gasteiger partial charge in [0.1, 0.15) is 5.01 Å². The summed E-state index contributed by atoms with van der Waals surface area (Å²) in [6, 6.07) is 18.3. The van der Waals surface area contributed by atoms with Crippen molar-refractivity contribution in [3.8, 4) is 10.6 Å². The maximum absolute atomic E-state index is 12.9. The van der Waals surface area contributed by atoms with Crippen LogP contribution in [0.15, 0.2) is 60.0 Å². The maximum Gasteiger partial charge on any atom is 0.253 e. The maximum atomic E-state index is 12.9. The number of benzene rings is 2. The van der Waals surface area contributed by atoms with Gasteiger partial charge in [-0.2, -0.15) is 0 Å². The van der Waals surface area contributed by atoms with Crippen LogP contribution in [-0.2, 0) is 19.6 Å². The first kappa shape index (κ1) is 22.0. The molecule has 0 bridgehead atoms. The first-order valence-electron chi connectivity index (χ1n) is 10.7. The molecule has 0 spiro atoms. The van der Waals surface area contributed by atoms with Gasteiger partial charge in [0, 0.05) is 35.4 Å². The van der Waals surface area contributed by atoms with Crippen molar-refractivity contribution in [2.45, 2.75) is 40.4 Å². The van der Waals surface area contributed by atoms with Crippen molar-refractivity contribution in [1.29, 1.82) is 0 Å². The van der Waals surface area contributed by atoms with Crippen LogP contribution in [0.2, 0.25) is 0 Å². The number of nitrogens with two attached hydrogens (primary N) is 1. The second-order valence-electron chi connectivity index (χ2n) is 8.03. The minimum Gasteiger partial charge on any atom is -0.348 e. The lowest BCUT2D eigenvalue weighted by Gasteiger charge is -2.10. The van der Waals surface area contributed by atoms with Crippen LogP contribution in [0, 0.1) is 20.8 Å². The highest BCUT2D eigenvalue weighted by Gasteiger charge is 2.17. The summed E-state index contributed by atoms with van der Waals surface area (Å²) < 4.78 is 2.15. The molecule has 4 rings (SSSR count). The van der Waals surface area contributed by atoms with Crippen molar-refractivity contribution in [3.63, 3.8) is 0 Å². The Hall–Kier alpha value is -3.22. The number of nitrogens with zero attached hydrogens (tertiary/aromatic N) is 2. The van der Waals surface area contributed by atoms with Crippen LogP contribution in [0.5, 0.6) is 0 Å². The predicted octanol–water partition coefficient (Wildman–Crippen LogP) is 4.97. The summed E-state index contributed by atoms with van der Waals surface area (Å²) in [5, 5.41) is 6.16. The minimum atomic E-state index is -0.0619. The number of aromatic nitrogens is 2. The number of carbonyl (C=O) groups is 1. The molecule has 4 aromatic rings. The lowest BCUT2D eigenvalue weighted by molar-refractivity contribution is 0.0950. The number of nitrogens with one attached hydrogen (secondary N) is 1. The Morgan fingerprint density at radius 3 is 2.59 bits per heavy atom. The molecular weight excluding hydrogens is 416 g/mol. The Morgan fingerprint density at radius 2 is 1.88 bits per heavy atom. The number of carbonyl (C=O) groups excluding carboxylic acids is 1. The van der Waals surface area contributed by atoms with Gasteiger partial charge in [-0.15, -0.1) is 11.3 Å². The summed E-state index contributed by atoms with van der Waals surface area (Å²) in [6.07, 6.45) is 0. The van der Waals surface area contributed by atoms with Crippen molar-refractivity contribution in [2.75, 3.05) is 0 Å². The number of hydrogen-bond donors (Lipinski definition) is 2. The highest BCUT2D eigenvalue weighted by molar-refractivity contribution is 7.13. The Labute approximate surface area is 192 Å². The van der Waals surface area contributed by atoms with Crippen LogP contribution in [0.3, 0.4) is 0 Å². The Morgan fingerprint density at radius 1 is 1.09 bits per heavy atom. The van der Waals surface area contributed by atoms with E-state index in [-0.39, 0.29) is 5.91 Å². The van der Waals surface area contributed by atoms with Gasteiger partial charge in [-0.05, 0) is 43.5 Å². The lowest BCUT2D eigenvalue weighted by atomic mass is 10.1. The van der Waals surface area contributed by atoms with E-state index < -0.39 is 0 Å². The number of amides is 1. The van der Waals surface area contributed by atoms with Crippen LogP contribution >= 0.6 is 11.3 Å². The van der Waals surface area contributed by atoms with E-state index >= 15 is 0 Å². The predicted molar refractivity (Wildman–Crippen MR) is 131 cm³/mol. The summed E-state index contributed by atoms with van der Waals surface area (Å²) in [6.45, 7) is 7.73. The smallest absolute Gasteiger partial charge is 0.253 e. The monoisotopic (exact) mass is 444 g/mol. The summed E-state index contributed by atoms with van der Waals surface area (Å²) >= 11 is 1.64.